The van der Waals surface area contributed by atoms with Gasteiger partial charge < -0.3 is 39.4 Å². The van der Waals surface area contributed by atoms with Crippen LogP contribution in [0, 0.1) is 0 Å². The second-order valence-corrected chi connectivity index (χ2v) is 11.0. The number of aliphatic hydroxyl groups is 2. The molecule has 0 bridgehead atoms. The molecule has 3 N–H and O–H groups in total. The minimum absolute atomic E-state index is 0.0262. The molecule has 39 heavy (non-hydrogen) atoms. The first kappa shape index (κ1) is 32.5. The summed E-state index contributed by atoms with van der Waals surface area (Å²) in [5, 5.41) is 24.0. The molecule has 17 heteroatoms. The summed E-state index contributed by atoms with van der Waals surface area (Å²) in [6, 6.07) is -1.14. The van der Waals surface area contributed by atoms with E-state index in [1.165, 1.54) is 11.1 Å². The lowest BCUT2D eigenvalue weighted by atomic mass is 9.95. The van der Waals surface area contributed by atoms with Crippen molar-refractivity contribution in [1.82, 2.24) is 10.2 Å². The minimum atomic E-state index is -4.84. The molecule has 0 aromatic rings. The van der Waals surface area contributed by atoms with Gasteiger partial charge in [0.1, 0.15) is 17.5 Å². The number of carbonyl (C=O) groups excluding carboxylic acids is 3. The SMILES string of the molecule is C=C1NC(=O)C=CN1[C@@H]1C[C@](F)(COP(=O)(OCOC(=O)OC(C)C)OCOC(=O)OC(C)C)[C@@H](O)[C@@]1(C)O. The summed E-state index contributed by atoms with van der Waals surface area (Å²) in [4.78, 5) is 35.9. The van der Waals surface area contributed by atoms with Gasteiger partial charge in [0.05, 0.1) is 24.9 Å². The number of carbonyl (C=O) groups is 3. The van der Waals surface area contributed by atoms with Gasteiger partial charge in [0.2, 0.25) is 13.6 Å². The Morgan fingerprint density at radius 2 is 1.67 bits per heavy atom. The second kappa shape index (κ2) is 13.1. The van der Waals surface area contributed by atoms with Gasteiger partial charge in [-0.2, -0.15) is 0 Å². The molecule has 222 valence electrons. The first-order valence-electron chi connectivity index (χ1n) is 11.8. The average Bonchev–Trinajstić information content (AvgIpc) is 2.97. The van der Waals surface area contributed by atoms with E-state index in [1.807, 2.05) is 0 Å². The molecule has 0 radical (unpaired) electrons. The van der Waals surface area contributed by atoms with Gasteiger partial charge in [-0.25, -0.2) is 27.6 Å². The van der Waals surface area contributed by atoms with Gasteiger partial charge in [-0.15, -0.1) is 0 Å². The molecular formula is C22H34FN2O13P. The smallest absolute Gasteiger partial charge is 0.432 e. The van der Waals surface area contributed by atoms with Crippen LogP contribution in [0.5, 0.6) is 0 Å². The van der Waals surface area contributed by atoms with E-state index in [2.05, 4.69) is 21.4 Å². The zero-order chi connectivity index (χ0) is 29.6. The lowest BCUT2D eigenvalue weighted by Gasteiger charge is -2.38. The number of halogens is 1. The molecule has 4 atom stereocenters. The van der Waals surface area contributed by atoms with E-state index in [9.17, 15) is 29.2 Å². The van der Waals surface area contributed by atoms with Crippen molar-refractivity contribution >= 4 is 26.0 Å². The third-order valence-electron chi connectivity index (χ3n) is 5.45. The van der Waals surface area contributed by atoms with E-state index in [0.717, 1.165) is 13.0 Å². The van der Waals surface area contributed by atoms with Crippen LogP contribution in [0.25, 0.3) is 0 Å². The summed E-state index contributed by atoms with van der Waals surface area (Å²) < 4.78 is 62.6. The van der Waals surface area contributed by atoms with Crippen molar-refractivity contribution in [2.45, 2.75) is 76.7 Å². The highest BCUT2D eigenvalue weighted by molar-refractivity contribution is 7.48. The zero-order valence-electron chi connectivity index (χ0n) is 22.2. The van der Waals surface area contributed by atoms with Gasteiger partial charge in [0.25, 0.3) is 5.91 Å². The summed E-state index contributed by atoms with van der Waals surface area (Å²) in [6.45, 7) is 7.80. The van der Waals surface area contributed by atoms with Gasteiger partial charge in [-0.05, 0) is 34.6 Å². The van der Waals surface area contributed by atoms with Gasteiger partial charge in [-0.1, -0.05) is 6.58 Å². The molecule has 0 spiro atoms. The minimum Gasteiger partial charge on any atom is -0.432 e. The van der Waals surface area contributed by atoms with Crippen molar-refractivity contribution in [3.63, 3.8) is 0 Å². The van der Waals surface area contributed by atoms with Crippen molar-refractivity contribution in [3.8, 4) is 0 Å². The lowest BCUT2D eigenvalue weighted by Crippen LogP contribution is -2.54. The maximum atomic E-state index is 16.0. The summed E-state index contributed by atoms with van der Waals surface area (Å²) in [7, 11) is -4.84. The van der Waals surface area contributed by atoms with Crippen LogP contribution in [-0.2, 0) is 41.9 Å². The zero-order valence-corrected chi connectivity index (χ0v) is 23.1. The summed E-state index contributed by atoms with van der Waals surface area (Å²) in [5.74, 6) is -0.461. The molecule has 2 rings (SSSR count). The van der Waals surface area contributed by atoms with Crippen LogP contribution in [-0.4, -0.2) is 89.1 Å². The van der Waals surface area contributed by atoms with Crippen LogP contribution in [0.2, 0.25) is 0 Å². The Bertz CT molecular complexity index is 972. The molecular weight excluding hydrogens is 550 g/mol. The molecule has 0 unspecified atom stereocenters. The Kier molecular flexibility index (Phi) is 10.9. The Balaban J connectivity index is 2.13. The molecule has 0 saturated heterocycles. The number of ether oxygens (including phenoxy) is 4. The predicted octanol–water partition coefficient (Wildman–Crippen LogP) is 2.19. The summed E-state index contributed by atoms with van der Waals surface area (Å²) in [6.07, 6.45) is -3.72. The van der Waals surface area contributed by atoms with Gasteiger partial charge in [0.15, 0.2) is 5.67 Å². The summed E-state index contributed by atoms with van der Waals surface area (Å²) >= 11 is 0. The maximum Gasteiger partial charge on any atom is 0.510 e. The van der Waals surface area contributed by atoms with Crippen molar-refractivity contribution in [3.05, 3.63) is 24.7 Å². The molecule has 0 aromatic carbocycles. The highest BCUT2D eigenvalue weighted by Crippen LogP contribution is 2.53. The van der Waals surface area contributed by atoms with E-state index in [1.54, 1.807) is 27.7 Å². The first-order valence-corrected chi connectivity index (χ1v) is 13.2. The predicted molar refractivity (Wildman–Crippen MR) is 128 cm³/mol. The van der Waals surface area contributed by atoms with Crippen LogP contribution in [0.1, 0.15) is 41.0 Å². The van der Waals surface area contributed by atoms with Crippen molar-refractivity contribution in [2.75, 3.05) is 20.2 Å². The maximum absolute atomic E-state index is 16.0. The Labute approximate surface area is 224 Å². The number of nitrogens with one attached hydrogen (secondary N) is 1. The Morgan fingerprint density at radius 3 is 2.13 bits per heavy atom. The molecule has 1 fully saturated rings. The molecule has 1 saturated carbocycles. The molecule has 15 nitrogen and oxygen atoms in total. The molecule has 0 aromatic heterocycles. The average molecular weight is 584 g/mol. The van der Waals surface area contributed by atoms with Crippen LogP contribution in [0.3, 0.4) is 0 Å². The van der Waals surface area contributed by atoms with Crippen molar-refractivity contribution < 1.29 is 66.1 Å². The molecule has 1 aliphatic carbocycles. The third kappa shape index (κ3) is 8.88. The number of phosphoric acid groups is 1. The Morgan fingerprint density at radius 1 is 1.15 bits per heavy atom. The molecule has 1 amide bonds. The number of aliphatic hydroxyl groups excluding tert-OH is 1. The standard InChI is InChI=1S/C22H34FN2O13P/c1-13(2)37-19(28)32-11-35-39(31,36-12-33-20(29)38-14(3)4)34-10-22(23)9-16(21(6,30)18(22)27)25-8-7-17(26)24-15(25)5/h7-8,13-14,16,18,27,30H,5,9-12H2,1-4,6H3,(H,24,26)/t16-,18+,21+,22+/m1/s1. The number of phosphoric ester groups is 1. The molecule has 1 aliphatic heterocycles. The number of alkyl halides is 1. The van der Waals surface area contributed by atoms with Crippen LogP contribution >= 0.6 is 7.82 Å². The summed E-state index contributed by atoms with van der Waals surface area (Å²) in [5.41, 5.74) is -4.84. The highest BCUT2D eigenvalue weighted by Gasteiger charge is 2.63. The third-order valence-corrected chi connectivity index (χ3v) is 6.74. The second-order valence-electron chi connectivity index (χ2n) is 9.38. The number of hydrogen-bond acceptors (Lipinski definition) is 14. The number of rotatable bonds is 12. The van der Waals surface area contributed by atoms with Crippen LogP contribution < -0.4 is 5.32 Å². The lowest BCUT2D eigenvalue weighted by molar-refractivity contribution is -0.120. The van der Waals surface area contributed by atoms with Crippen LogP contribution in [0.4, 0.5) is 14.0 Å². The topological polar surface area (TPSA) is 189 Å². The van der Waals surface area contributed by atoms with Gasteiger partial charge >= 0.3 is 20.1 Å². The normalized spacial score (nSPS) is 27.1. The quantitative estimate of drug-likeness (QED) is 0.172. The van der Waals surface area contributed by atoms with E-state index in [-0.39, 0.29) is 5.82 Å². The number of nitrogens with zero attached hydrogens (tertiary/aromatic N) is 1. The fourth-order valence-electron chi connectivity index (χ4n) is 3.67. The van der Waals surface area contributed by atoms with Crippen molar-refractivity contribution in [1.29, 1.82) is 0 Å². The van der Waals surface area contributed by atoms with Gasteiger partial charge in [0, 0.05) is 18.7 Å². The molecule has 2 aliphatic rings. The van der Waals surface area contributed by atoms with Gasteiger partial charge in [-0.3, -0.25) is 9.32 Å². The van der Waals surface area contributed by atoms with E-state index in [4.69, 9.17) is 23.0 Å². The first-order chi connectivity index (χ1) is 18.0. The Hall–Kier alpha value is -2.75. The van der Waals surface area contributed by atoms with Crippen LogP contribution in [0.15, 0.2) is 24.7 Å². The van der Waals surface area contributed by atoms with Crippen molar-refractivity contribution in [2.24, 2.45) is 0 Å². The van der Waals surface area contributed by atoms with E-state index < -0.39 is 88.3 Å². The monoisotopic (exact) mass is 584 g/mol. The fourth-order valence-corrected chi connectivity index (χ4v) is 4.63. The largest absolute Gasteiger partial charge is 0.510 e. The van der Waals surface area contributed by atoms with E-state index >= 15 is 4.39 Å². The van der Waals surface area contributed by atoms with E-state index in [0.29, 0.717) is 0 Å². The fraction of sp³-hybridized carbons (Fsp3) is 0.682. The number of amides is 1. The number of hydrogen-bond donors (Lipinski definition) is 3. The molecule has 1 heterocycles. The highest BCUT2D eigenvalue weighted by atomic mass is 31.2.